The van der Waals surface area contributed by atoms with E-state index in [0.29, 0.717) is 0 Å². The Morgan fingerprint density at radius 3 is 2.69 bits per heavy atom. The Morgan fingerprint density at radius 2 is 2.25 bits per heavy atom. The predicted molar refractivity (Wildman–Crippen MR) is 56.3 cm³/mol. The van der Waals surface area contributed by atoms with Crippen LogP contribution in [0.3, 0.4) is 0 Å². The Morgan fingerprint density at radius 1 is 1.56 bits per heavy atom. The van der Waals surface area contributed by atoms with E-state index in [4.69, 9.17) is 0 Å². The van der Waals surface area contributed by atoms with E-state index in [1.807, 2.05) is 0 Å². The first-order chi connectivity index (χ1) is 7.47. The Hall–Kier alpha value is -1.80. The van der Waals surface area contributed by atoms with Crippen LogP contribution in [0.4, 0.5) is 5.82 Å². The highest BCUT2D eigenvalue weighted by atomic mass is 32.2. The van der Waals surface area contributed by atoms with Crippen molar-refractivity contribution in [3.63, 3.8) is 0 Å². The average Bonchev–Trinajstić information content (AvgIpc) is 2.26. The van der Waals surface area contributed by atoms with Gasteiger partial charge in [0.2, 0.25) is 10.0 Å². The fourth-order valence-electron chi connectivity index (χ4n) is 0.891. The monoisotopic (exact) mass is 243 g/mol. The van der Waals surface area contributed by atoms with E-state index < -0.39 is 20.8 Å². The number of nitro groups is 1. The van der Waals surface area contributed by atoms with E-state index in [9.17, 15) is 18.5 Å². The number of nitrogens with zero attached hydrogens (tertiary/aromatic N) is 2. The molecule has 0 amide bonds. The summed E-state index contributed by atoms with van der Waals surface area (Å²) in [7, 11) is -3.67. The van der Waals surface area contributed by atoms with Crippen LogP contribution in [-0.2, 0) is 10.0 Å². The quantitative estimate of drug-likeness (QED) is 0.459. The normalized spacial score (nSPS) is 11.0. The van der Waals surface area contributed by atoms with Crippen LogP contribution < -0.4 is 4.72 Å². The summed E-state index contributed by atoms with van der Waals surface area (Å²) in [5.74, 6) is -0.400. The topological polar surface area (TPSA) is 102 Å². The fraction of sp³-hybridized carbons (Fsp3) is 0.125. The molecule has 16 heavy (non-hydrogen) atoms. The molecule has 0 bridgehead atoms. The Labute approximate surface area is 92.0 Å². The highest BCUT2D eigenvalue weighted by Gasteiger charge is 2.16. The van der Waals surface area contributed by atoms with Crippen molar-refractivity contribution in [2.24, 2.45) is 0 Å². The Balaban J connectivity index is 2.97. The highest BCUT2D eigenvalue weighted by Crippen LogP contribution is 2.11. The van der Waals surface area contributed by atoms with Gasteiger partial charge in [-0.15, -0.1) is 6.58 Å². The molecule has 1 aromatic rings. The smallest absolute Gasteiger partial charge is 0.358 e. The van der Waals surface area contributed by atoms with Gasteiger partial charge in [0.05, 0.1) is 0 Å². The molecule has 1 N–H and O–H groups in total. The largest absolute Gasteiger partial charge is 0.363 e. The van der Waals surface area contributed by atoms with E-state index in [0.717, 1.165) is 18.3 Å². The predicted octanol–water partition coefficient (Wildman–Crippen LogP) is 0.454. The number of nitrogens with one attached hydrogen (secondary N) is 1. The molecule has 1 heterocycles. The lowest BCUT2D eigenvalue weighted by Gasteiger charge is -2.01. The number of pyridine rings is 1. The highest BCUT2D eigenvalue weighted by molar-refractivity contribution is 7.89. The van der Waals surface area contributed by atoms with E-state index in [1.165, 1.54) is 6.08 Å². The van der Waals surface area contributed by atoms with Crippen LogP contribution in [0.2, 0.25) is 0 Å². The van der Waals surface area contributed by atoms with E-state index in [-0.39, 0.29) is 11.4 Å². The van der Waals surface area contributed by atoms with E-state index in [1.54, 1.807) is 0 Å². The van der Waals surface area contributed by atoms with Crippen LogP contribution in [0.1, 0.15) is 0 Å². The minimum absolute atomic E-state index is 0.0827. The van der Waals surface area contributed by atoms with E-state index in [2.05, 4.69) is 16.3 Å². The molecule has 0 unspecified atom stereocenters. The molecule has 0 aliphatic carbocycles. The van der Waals surface area contributed by atoms with Gasteiger partial charge in [-0.05, 0) is 16.0 Å². The van der Waals surface area contributed by atoms with Crippen LogP contribution >= 0.6 is 0 Å². The number of rotatable bonds is 5. The first kappa shape index (κ1) is 12.3. The van der Waals surface area contributed by atoms with Gasteiger partial charge in [0.15, 0.2) is 6.20 Å². The second kappa shape index (κ2) is 4.81. The molecular formula is C8H9N3O4S. The fourth-order valence-corrected chi connectivity index (χ4v) is 1.83. The minimum Gasteiger partial charge on any atom is -0.358 e. The molecule has 8 heteroatoms. The lowest BCUT2D eigenvalue weighted by molar-refractivity contribution is -0.389. The number of hydrogen-bond donors (Lipinski definition) is 1. The van der Waals surface area contributed by atoms with Crippen molar-refractivity contribution in [2.75, 3.05) is 6.54 Å². The molecule has 7 nitrogen and oxygen atoms in total. The number of aromatic nitrogens is 1. The summed E-state index contributed by atoms with van der Waals surface area (Å²) in [5.41, 5.74) is 0. The zero-order valence-corrected chi connectivity index (χ0v) is 8.98. The SMILES string of the molecule is C=CCNS(=O)(=O)c1ccc([N+](=O)[O-])nc1. The van der Waals surface area contributed by atoms with Crippen molar-refractivity contribution in [1.82, 2.24) is 9.71 Å². The Bertz CT molecular complexity index is 495. The average molecular weight is 243 g/mol. The van der Waals surface area contributed by atoms with Gasteiger partial charge in [0.25, 0.3) is 0 Å². The van der Waals surface area contributed by atoms with Crippen molar-refractivity contribution >= 4 is 15.8 Å². The maximum Gasteiger partial charge on any atom is 0.363 e. The van der Waals surface area contributed by atoms with Crippen molar-refractivity contribution < 1.29 is 13.3 Å². The molecule has 0 saturated carbocycles. The third kappa shape index (κ3) is 2.84. The van der Waals surface area contributed by atoms with Gasteiger partial charge in [0.1, 0.15) is 4.90 Å². The zero-order valence-electron chi connectivity index (χ0n) is 8.16. The molecule has 0 aromatic carbocycles. The molecule has 0 saturated heterocycles. The molecule has 0 fully saturated rings. The second-order valence-corrected chi connectivity index (χ2v) is 4.52. The summed E-state index contributed by atoms with van der Waals surface area (Å²) in [6, 6.07) is 2.15. The summed E-state index contributed by atoms with van der Waals surface area (Å²) >= 11 is 0. The number of hydrogen-bond acceptors (Lipinski definition) is 5. The van der Waals surface area contributed by atoms with Crippen molar-refractivity contribution in [3.05, 3.63) is 41.1 Å². The van der Waals surface area contributed by atoms with Gasteiger partial charge in [-0.2, -0.15) is 0 Å². The van der Waals surface area contributed by atoms with Crippen LogP contribution in [0.25, 0.3) is 0 Å². The van der Waals surface area contributed by atoms with E-state index >= 15 is 0 Å². The Kier molecular flexibility index (Phi) is 3.69. The van der Waals surface area contributed by atoms with Gasteiger partial charge in [-0.25, -0.2) is 13.1 Å². The molecule has 1 aromatic heterocycles. The van der Waals surface area contributed by atoms with Gasteiger partial charge in [-0.1, -0.05) is 6.08 Å². The summed E-state index contributed by atoms with van der Waals surface area (Å²) in [6.45, 7) is 3.45. The zero-order chi connectivity index (χ0) is 12.2. The van der Waals surface area contributed by atoms with Crippen LogP contribution in [0.5, 0.6) is 0 Å². The third-order valence-corrected chi connectivity index (χ3v) is 3.04. The maximum absolute atomic E-state index is 11.5. The van der Waals surface area contributed by atoms with Crippen LogP contribution in [0.15, 0.2) is 35.9 Å². The van der Waals surface area contributed by atoms with Crippen LogP contribution in [-0.4, -0.2) is 24.9 Å². The minimum atomic E-state index is -3.67. The lowest BCUT2D eigenvalue weighted by atomic mass is 10.5. The standard InChI is InChI=1S/C8H9N3O4S/c1-2-5-10-16(14,15)7-3-4-8(9-6-7)11(12)13/h2-4,6,10H,1,5H2. The third-order valence-electron chi connectivity index (χ3n) is 1.64. The summed E-state index contributed by atoms with van der Waals surface area (Å²) in [6.07, 6.45) is 2.32. The first-order valence-electron chi connectivity index (χ1n) is 4.18. The number of sulfonamides is 1. The molecule has 0 spiro atoms. The van der Waals surface area contributed by atoms with Gasteiger partial charge in [-0.3, -0.25) is 0 Å². The molecule has 0 atom stereocenters. The van der Waals surface area contributed by atoms with Crippen molar-refractivity contribution in [2.45, 2.75) is 4.90 Å². The second-order valence-electron chi connectivity index (χ2n) is 2.75. The molecular weight excluding hydrogens is 234 g/mol. The molecule has 0 aliphatic rings. The maximum atomic E-state index is 11.5. The molecule has 86 valence electrons. The summed E-state index contributed by atoms with van der Waals surface area (Å²) < 4.78 is 25.2. The lowest BCUT2D eigenvalue weighted by Crippen LogP contribution is -2.23. The molecule has 0 aliphatic heterocycles. The van der Waals surface area contributed by atoms with Crippen molar-refractivity contribution in [3.8, 4) is 0 Å². The van der Waals surface area contributed by atoms with Crippen molar-refractivity contribution in [1.29, 1.82) is 0 Å². The first-order valence-corrected chi connectivity index (χ1v) is 5.66. The van der Waals surface area contributed by atoms with Crippen LogP contribution in [0, 0.1) is 10.1 Å². The van der Waals surface area contributed by atoms with Gasteiger partial charge < -0.3 is 10.1 Å². The van der Waals surface area contributed by atoms with Gasteiger partial charge in [0, 0.05) is 12.6 Å². The summed E-state index contributed by atoms with van der Waals surface area (Å²) in [4.78, 5) is 12.9. The molecule has 1 rings (SSSR count). The summed E-state index contributed by atoms with van der Waals surface area (Å²) in [5, 5.41) is 10.3. The molecule has 0 radical (unpaired) electrons. The van der Waals surface area contributed by atoms with Gasteiger partial charge >= 0.3 is 5.82 Å².